The number of rotatable bonds is 4. The normalized spacial score (nSPS) is 10.5. The molecule has 1 N–H and O–H groups in total. The van der Waals surface area contributed by atoms with Crippen molar-refractivity contribution in [2.45, 2.75) is 6.92 Å². The first-order valence-electron chi connectivity index (χ1n) is 5.86. The molecule has 0 amide bonds. The average molecular weight is 287 g/mol. The molecule has 1 aromatic carbocycles. The number of aromatic amines is 1. The second kappa shape index (κ2) is 5.00. The minimum atomic E-state index is -0.495. The minimum Gasteiger partial charge on any atom is -0.402 e. The Morgan fingerprint density at radius 1 is 1.38 bits per heavy atom. The van der Waals surface area contributed by atoms with E-state index in [2.05, 4.69) is 25.7 Å². The van der Waals surface area contributed by atoms with Crippen LogP contribution in [0.4, 0.5) is 5.69 Å². The minimum absolute atomic E-state index is 0.0574. The number of non-ortho nitro benzene ring substituents is 1. The standard InChI is InChI=1S/C11H9N7O3/c1-7-5-10(13-12-7)21-11-14-15-16-17(11)8-3-2-4-9(6-8)18(19)20/h2-6H,1H3,(H,12,13). The van der Waals surface area contributed by atoms with Gasteiger partial charge in [0.05, 0.1) is 10.6 Å². The van der Waals surface area contributed by atoms with Crippen LogP contribution in [0.5, 0.6) is 11.9 Å². The van der Waals surface area contributed by atoms with Gasteiger partial charge in [0.1, 0.15) is 0 Å². The molecular formula is C11H9N7O3. The SMILES string of the molecule is Cc1cc(Oc2nnnn2-c2cccc([N+](=O)[O-])c2)n[nH]1. The number of nitro benzene ring substituents is 1. The largest absolute Gasteiger partial charge is 0.402 e. The maximum Gasteiger partial charge on any atom is 0.347 e. The molecule has 0 radical (unpaired) electrons. The molecule has 0 spiro atoms. The molecule has 2 heterocycles. The van der Waals surface area contributed by atoms with Gasteiger partial charge in [-0.1, -0.05) is 11.2 Å². The Labute approximate surface area is 117 Å². The number of aromatic nitrogens is 6. The van der Waals surface area contributed by atoms with Gasteiger partial charge < -0.3 is 4.74 Å². The molecule has 3 rings (SSSR count). The van der Waals surface area contributed by atoms with Crippen molar-refractivity contribution in [1.82, 2.24) is 30.4 Å². The summed E-state index contributed by atoms with van der Waals surface area (Å²) in [6, 6.07) is 7.63. The Morgan fingerprint density at radius 3 is 2.95 bits per heavy atom. The summed E-state index contributed by atoms with van der Waals surface area (Å²) in [5, 5.41) is 28.4. The average Bonchev–Trinajstić information content (AvgIpc) is 3.09. The number of benzene rings is 1. The van der Waals surface area contributed by atoms with E-state index in [0.717, 1.165) is 5.69 Å². The predicted molar refractivity (Wildman–Crippen MR) is 69.2 cm³/mol. The van der Waals surface area contributed by atoms with Crippen molar-refractivity contribution in [2.24, 2.45) is 0 Å². The van der Waals surface area contributed by atoms with E-state index in [1.165, 1.54) is 22.9 Å². The van der Waals surface area contributed by atoms with Crippen LogP contribution < -0.4 is 4.74 Å². The number of aryl methyl sites for hydroxylation is 1. The third kappa shape index (κ3) is 2.54. The zero-order chi connectivity index (χ0) is 14.8. The molecule has 0 aliphatic carbocycles. The second-order valence-electron chi connectivity index (χ2n) is 4.14. The van der Waals surface area contributed by atoms with Gasteiger partial charge in [0.2, 0.25) is 5.88 Å². The Kier molecular flexibility index (Phi) is 3.03. The van der Waals surface area contributed by atoms with Gasteiger partial charge in [-0.3, -0.25) is 15.2 Å². The summed E-state index contributed by atoms with van der Waals surface area (Å²) < 4.78 is 6.69. The van der Waals surface area contributed by atoms with Crippen molar-refractivity contribution in [1.29, 1.82) is 0 Å². The van der Waals surface area contributed by atoms with E-state index in [1.807, 2.05) is 6.92 Å². The zero-order valence-electron chi connectivity index (χ0n) is 10.8. The van der Waals surface area contributed by atoms with E-state index in [4.69, 9.17) is 4.74 Å². The molecule has 106 valence electrons. The molecule has 0 unspecified atom stereocenters. The topological polar surface area (TPSA) is 125 Å². The smallest absolute Gasteiger partial charge is 0.347 e. The molecule has 0 bridgehead atoms. The highest BCUT2D eigenvalue weighted by Gasteiger charge is 2.14. The van der Waals surface area contributed by atoms with E-state index in [0.29, 0.717) is 11.6 Å². The molecule has 3 aromatic rings. The van der Waals surface area contributed by atoms with Crippen LogP contribution in [0.15, 0.2) is 30.3 Å². The molecule has 2 aromatic heterocycles. The van der Waals surface area contributed by atoms with Crippen LogP contribution in [0.1, 0.15) is 5.69 Å². The number of H-pyrrole nitrogens is 1. The number of hydrogen-bond donors (Lipinski definition) is 1. The summed E-state index contributed by atoms with van der Waals surface area (Å²) in [6.45, 7) is 1.82. The molecule has 21 heavy (non-hydrogen) atoms. The third-order valence-corrected chi connectivity index (χ3v) is 2.60. The fourth-order valence-corrected chi connectivity index (χ4v) is 1.68. The van der Waals surface area contributed by atoms with Gasteiger partial charge in [0, 0.05) is 23.9 Å². The fraction of sp³-hybridized carbons (Fsp3) is 0.0909. The number of tetrazole rings is 1. The maximum atomic E-state index is 10.8. The number of nitro groups is 1. The lowest BCUT2D eigenvalue weighted by molar-refractivity contribution is -0.384. The number of nitrogens with zero attached hydrogens (tertiary/aromatic N) is 6. The van der Waals surface area contributed by atoms with Gasteiger partial charge in [-0.05, 0) is 23.4 Å². The lowest BCUT2D eigenvalue weighted by atomic mass is 10.3. The summed E-state index contributed by atoms with van der Waals surface area (Å²) in [7, 11) is 0. The molecular weight excluding hydrogens is 278 g/mol. The van der Waals surface area contributed by atoms with Gasteiger partial charge in [-0.25, -0.2) is 0 Å². The second-order valence-corrected chi connectivity index (χ2v) is 4.14. The van der Waals surface area contributed by atoms with E-state index < -0.39 is 4.92 Å². The highest BCUT2D eigenvalue weighted by molar-refractivity contribution is 5.43. The van der Waals surface area contributed by atoms with Crippen molar-refractivity contribution in [2.75, 3.05) is 0 Å². The van der Waals surface area contributed by atoms with E-state index in [1.54, 1.807) is 12.1 Å². The zero-order valence-corrected chi connectivity index (χ0v) is 10.8. The molecule has 10 heteroatoms. The van der Waals surface area contributed by atoms with Crippen LogP contribution in [-0.2, 0) is 0 Å². The van der Waals surface area contributed by atoms with Crippen molar-refractivity contribution < 1.29 is 9.66 Å². The molecule has 0 aliphatic rings. The molecule has 0 aliphatic heterocycles. The maximum absolute atomic E-state index is 10.8. The molecule has 0 fully saturated rings. The summed E-state index contributed by atoms with van der Waals surface area (Å²) in [6.07, 6.45) is 0. The summed E-state index contributed by atoms with van der Waals surface area (Å²) in [4.78, 5) is 10.3. The Hall–Kier alpha value is -3.30. The van der Waals surface area contributed by atoms with Crippen LogP contribution >= 0.6 is 0 Å². The summed E-state index contributed by atoms with van der Waals surface area (Å²) in [5.74, 6) is 0.300. The van der Waals surface area contributed by atoms with E-state index in [-0.39, 0.29) is 11.7 Å². The lowest BCUT2D eigenvalue weighted by Crippen LogP contribution is -2.01. The first-order chi connectivity index (χ1) is 10.1. The molecule has 10 nitrogen and oxygen atoms in total. The quantitative estimate of drug-likeness (QED) is 0.567. The molecule has 0 atom stereocenters. The van der Waals surface area contributed by atoms with Crippen LogP contribution in [0, 0.1) is 17.0 Å². The third-order valence-electron chi connectivity index (χ3n) is 2.60. The van der Waals surface area contributed by atoms with Gasteiger partial charge in [-0.2, -0.15) is 4.68 Å². The predicted octanol–water partition coefficient (Wildman–Crippen LogP) is 1.39. The van der Waals surface area contributed by atoms with Gasteiger partial charge in [-0.15, -0.1) is 5.10 Å². The van der Waals surface area contributed by atoms with Crippen molar-refractivity contribution in [3.63, 3.8) is 0 Å². The van der Waals surface area contributed by atoms with Gasteiger partial charge >= 0.3 is 6.01 Å². The van der Waals surface area contributed by atoms with Crippen LogP contribution in [0.3, 0.4) is 0 Å². The van der Waals surface area contributed by atoms with E-state index in [9.17, 15) is 10.1 Å². The van der Waals surface area contributed by atoms with Crippen molar-refractivity contribution >= 4 is 5.69 Å². The van der Waals surface area contributed by atoms with Crippen molar-refractivity contribution in [3.8, 4) is 17.6 Å². The Morgan fingerprint density at radius 2 is 2.24 bits per heavy atom. The molecule has 0 saturated carbocycles. The van der Waals surface area contributed by atoms with Gasteiger partial charge in [0.25, 0.3) is 5.69 Å². The monoisotopic (exact) mass is 287 g/mol. The summed E-state index contributed by atoms with van der Waals surface area (Å²) in [5.41, 5.74) is 1.17. The number of ether oxygens (including phenoxy) is 1. The number of hydrogen-bond acceptors (Lipinski definition) is 7. The van der Waals surface area contributed by atoms with Crippen LogP contribution in [-0.4, -0.2) is 35.3 Å². The Balaban J connectivity index is 1.95. The highest BCUT2D eigenvalue weighted by atomic mass is 16.6. The first kappa shape index (κ1) is 12.7. The first-order valence-corrected chi connectivity index (χ1v) is 5.86. The van der Waals surface area contributed by atoms with Crippen LogP contribution in [0.2, 0.25) is 0 Å². The molecule has 0 saturated heterocycles. The van der Waals surface area contributed by atoms with E-state index >= 15 is 0 Å². The fourth-order valence-electron chi connectivity index (χ4n) is 1.68. The lowest BCUT2D eigenvalue weighted by Gasteiger charge is -2.03. The Bertz CT molecular complexity index is 794. The van der Waals surface area contributed by atoms with Crippen molar-refractivity contribution in [3.05, 3.63) is 46.1 Å². The van der Waals surface area contributed by atoms with Gasteiger partial charge in [0.15, 0.2) is 0 Å². The summed E-state index contributed by atoms with van der Waals surface area (Å²) >= 11 is 0. The van der Waals surface area contributed by atoms with Crippen LogP contribution in [0.25, 0.3) is 5.69 Å². The number of nitrogens with one attached hydrogen (secondary N) is 1. The highest BCUT2D eigenvalue weighted by Crippen LogP contribution is 2.22.